The highest BCUT2D eigenvalue weighted by Crippen LogP contribution is 2.16. The van der Waals surface area contributed by atoms with E-state index in [4.69, 9.17) is 0 Å². The Morgan fingerprint density at radius 1 is 1.35 bits per heavy atom. The predicted molar refractivity (Wildman–Crippen MR) is 87.9 cm³/mol. The summed E-state index contributed by atoms with van der Waals surface area (Å²) in [5.41, 5.74) is -0.317. The second-order valence-electron chi connectivity index (χ2n) is 5.54. The zero-order chi connectivity index (χ0) is 16.2. The highest BCUT2D eigenvalue weighted by Gasteiger charge is 2.23. The molecule has 0 aromatic carbocycles. The number of nitrogens with zero attached hydrogens (tertiary/aromatic N) is 4. The molecule has 3 rings (SSSR count). The van der Waals surface area contributed by atoms with Gasteiger partial charge >= 0.3 is 0 Å². The number of hydrogen-bond acceptors (Lipinski definition) is 6. The molecule has 1 aliphatic rings. The van der Waals surface area contributed by atoms with Crippen molar-refractivity contribution < 1.29 is 0 Å². The molecular formula is C15H20N6O2. The van der Waals surface area contributed by atoms with E-state index in [1.165, 1.54) is 6.20 Å². The summed E-state index contributed by atoms with van der Waals surface area (Å²) in [7, 11) is 0. The second-order valence-corrected chi connectivity index (χ2v) is 5.54. The Kier molecular flexibility index (Phi) is 4.40. The van der Waals surface area contributed by atoms with Crippen LogP contribution in [0.1, 0.15) is 19.8 Å². The number of aromatic nitrogens is 4. The first-order valence-electron chi connectivity index (χ1n) is 7.79. The van der Waals surface area contributed by atoms with Crippen molar-refractivity contribution in [1.82, 2.24) is 19.5 Å². The van der Waals surface area contributed by atoms with E-state index in [-0.39, 0.29) is 17.2 Å². The van der Waals surface area contributed by atoms with Crippen molar-refractivity contribution in [2.45, 2.75) is 32.4 Å². The molecule has 1 saturated heterocycles. The van der Waals surface area contributed by atoms with Crippen LogP contribution in [0.4, 0.5) is 11.6 Å². The van der Waals surface area contributed by atoms with Crippen molar-refractivity contribution in [2.75, 3.05) is 23.3 Å². The molecule has 8 heteroatoms. The molecule has 0 spiro atoms. The fourth-order valence-electron chi connectivity index (χ4n) is 2.85. The smallest absolute Gasteiger partial charge is 0.293 e. The van der Waals surface area contributed by atoms with E-state index in [2.05, 4.69) is 20.3 Å². The van der Waals surface area contributed by atoms with Crippen LogP contribution in [0.25, 0.3) is 0 Å². The van der Waals surface area contributed by atoms with Gasteiger partial charge < -0.3 is 19.8 Å². The maximum Gasteiger partial charge on any atom is 0.293 e. The van der Waals surface area contributed by atoms with Crippen molar-refractivity contribution in [3.8, 4) is 0 Å². The molecule has 0 amide bonds. The molecule has 2 N–H and O–H groups in total. The number of rotatable bonds is 4. The van der Waals surface area contributed by atoms with Gasteiger partial charge in [0.15, 0.2) is 11.6 Å². The van der Waals surface area contributed by atoms with E-state index in [1.807, 2.05) is 11.8 Å². The van der Waals surface area contributed by atoms with E-state index < -0.39 is 0 Å². The van der Waals surface area contributed by atoms with Gasteiger partial charge in [-0.3, -0.25) is 9.59 Å². The van der Waals surface area contributed by atoms with Gasteiger partial charge in [0, 0.05) is 50.5 Å². The van der Waals surface area contributed by atoms with Gasteiger partial charge in [0.05, 0.1) is 0 Å². The van der Waals surface area contributed by atoms with E-state index in [0.717, 1.165) is 19.4 Å². The topological polar surface area (TPSA) is 95.9 Å². The molecule has 3 heterocycles. The number of hydrogen-bond donors (Lipinski definition) is 2. The Morgan fingerprint density at radius 2 is 2.22 bits per heavy atom. The molecular weight excluding hydrogens is 296 g/mol. The lowest BCUT2D eigenvalue weighted by Gasteiger charge is -2.33. The minimum Gasteiger partial charge on any atom is -0.361 e. The first kappa shape index (κ1) is 15.3. The highest BCUT2D eigenvalue weighted by atomic mass is 16.1. The molecule has 0 aliphatic carbocycles. The normalized spacial score (nSPS) is 18.0. The van der Waals surface area contributed by atoms with E-state index >= 15 is 0 Å². The minimum absolute atomic E-state index is 0.0538. The Bertz CT molecular complexity index is 784. The average molecular weight is 316 g/mol. The zero-order valence-electron chi connectivity index (χ0n) is 13.0. The zero-order valence-corrected chi connectivity index (χ0v) is 13.0. The highest BCUT2D eigenvalue weighted by molar-refractivity contribution is 5.39. The number of H-pyrrole nitrogens is 1. The molecule has 122 valence electrons. The summed E-state index contributed by atoms with van der Waals surface area (Å²) in [6, 6.07) is 0.0538. The lowest BCUT2D eigenvalue weighted by Crippen LogP contribution is -2.45. The molecule has 8 nitrogen and oxygen atoms in total. The van der Waals surface area contributed by atoms with Gasteiger partial charge in [-0.25, -0.2) is 9.97 Å². The Balaban J connectivity index is 1.76. The summed E-state index contributed by atoms with van der Waals surface area (Å²) >= 11 is 0. The molecule has 2 aromatic heterocycles. The van der Waals surface area contributed by atoms with Crippen LogP contribution in [0.2, 0.25) is 0 Å². The number of aryl methyl sites for hydroxylation is 1. The SMILES string of the molecule is CCn1ccnc(N[C@@H]2CCCN(c3ncc[nH]c3=O)C2)c1=O. The summed E-state index contributed by atoms with van der Waals surface area (Å²) < 4.78 is 1.61. The van der Waals surface area contributed by atoms with Crippen LogP contribution in [0.5, 0.6) is 0 Å². The Hall–Kier alpha value is -2.64. The van der Waals surface area contributed by atoms with Crippen molar-refractivity contribution in [3.05, 3.63) is 45.5 Å². The number of nitrogens with one attached hydrogen (secondary N) is 2. The van der Waals surface area contributed by atoms with Gasteiger partial charge in [-0.15, -0.1) is 0 Å². The maximum absolute atomic E-state index is 12.2. The molecule has 1 atom stereocenters. The molecule has 0 saturated carbocycles. The van der Waals surface area contributed by atoms with Crippen molar-refractivity contribution >= 4 is 11.6 Å². The monoisotopic (exact) mass is 316 g/mol. The second kappa shape index (κ2) is 6.64. The van der Waals surface area contributed by atoms with Crippen LogP contribution in [-0.4, -0.2) is 38.7 Å². The van der Waals surface area contributed by atoms with Gasteiger partial charge in [0.25, 0.3) is 11.1 Å². The van der Waals surface area contributed by atoms with Gasteiger partial charge in [0.2, 0.25) is 0 Å². The van der Waals surface area contributed by atoms with Gasteiger partial charge in [-0.1, -0.05) is 0 Å². The molecule has 1 aliphatic heterocycles. The predicted octanol–water partition coefficient (Wildman–Crippen LogP) is 0.427. The lowest BCUT2D eigenvalue weighted by atomic mass is 10.1. The fourth-order valence-corrected chi connectivity index (χ4v) is 2.85. The quantitative estimate of drug-likeness (QED) is 0.849. The van der Waals surface area contributed by atoms with Crippen LogP contribution in [0.3, 0.4) is 0 Å². The van der Waals surface area contributed by atoms with Crippen LogP contribution in [0, 0.1) is 0 Å². The van der Waals surface area contributed by atoms with E-state index in [9.17, 15) is 9.59 Å². The fraction of sp³-hybridized carbons (Fsp3) is 0.467. The molecule has 0 unspecified atom stereocenters. The minimum atomic E-state index is -0.195. The summed E-state index contributed by atoms with van der Waals surface area (Å²) in [6.07, 6.45) is 8.23. The summed E-state index contributed by atoms with van der Waals surface area (Å²) in [5, 5.41) is 3.22. The van der Waals surface area contributed by atoms with E-state index in [1.54, 1.807) is 23.2 Å². The molecule has 23 heavy (non-hydrogen) atoms. The van der Waals surface area contributed by atoms with E-state index in [0.29, 0.717) is 24.7 Å². The average Bonchev–Trinajstić information content (AvgIpc) is 2.57. The number of aromatic amines is 1. The Labute approximate surface area is 133 Å². The van der Waals surface area contributed by atoms with Crippen LogP contribution in [0.15, 0.2) is 34.4 Å². The molecule has 1 fully saturated rings. The van der Waals surface area contributed by atoms with Crippen molar-refractivity contribution in [1.29, 1.82) is 0 Å². The first-order chi connectivity index (χ1) is 11.2. The van der Waals surface area contributed by atoms with Crippen LogP contribution >= 0.6 is 0 Å². The Morgan fingerprint density at radius 3 is 3.00 bits per heavy atom. The summed E-state index contributed by atoms with van der Waals surface area (Å²) in [4.78, 5) is 37.0. The summed E-state index contributed by atoms with van der Waals surface area (Å²) in [5.74, 6) is 0.780. The summed E-state index contributed by atoms with van der Waals surface area (Å²) in [6.45, 7) is 3.92. The molecule has 0 radical (unpaired) electrons. The van der Waals surface area contributed by atoms with Crippen LogP contribution < -0.4 is 21.3 Å². The molecule has 2 aromatic rings. The van der Waals surface area contributed by atoms with Crippen molar-refractivity contribution in [3.63, 3.8) is 0 Å². The number of anilines is 2. The third-order valence-corrected chi connectivity index (χ3v) is 4.01. The largest absolute Gasteiger partial charge is 0.361 e. The van der Waals surface area contributed by atoms with Crippen LogP contribution in [-0.2, 0) is 6.54 Å². The van der Waals surface area contributed by atoms with Crippen molar-refractivity contribution in [2.24, 2.45) is 0 Å². The van der Waals surface area contributed by atoms with Gasteiger partial charge in [-0.2, -0.15) is 0 Å². The first-order valence-corrected chi connectivity index (χ1v) is 7.79. The lowest BCUT2D eigenvalue weighted by molar-refractivity contribution is 0.522. The molecule has 0 bridgehead atoms. The van der Waals surface area contributed by atoms with Gasteiger partial charge in [0.1, 0.15) is 0 Å². The third-order valence-electron chi connectivity index (χ3n) is 4.01. The van der Waals surface area contributed by atoms with Gasteiger partial charge in [-0.05, 0) is 19.8 Å². The standard InChI is InChI=1S/C15H20N6O2/c1-2-20-9-7-16-12(15(20)23)19-11-4-3-8-21(10-11)13-14(22)18-6-5-17-13/h5-7,9,11H,2-4,8,10H2,1H3,(H,16,19)(H,18,22)/t11-/m1/s1. The maximum atomic E-state index is 12.2. The number of piperidine rings is 1. The third kappa shape index (κ3) is 3.25.